The maximum Gasteiger partial charge on any atom is 0.170 e. The summed E-state index contributed by atoms with van der Waals surface area (Å²) in [6, 6.07) is 17.7. The van der Waals surface area contributed by atoms with Gasteiger partial charge in [-0.15, -0.1) is 0 Å². The molecular formula is C18H20N2OS. The second kappa shape index (κ2) is 8.29. The van der Waals surface area contributed by atoms with Crippen LogP contribution in [0.1, 0.15) is 29.3 Å². The highest BCUT2D eigenvalue weighted by Crippen LogP contribution is 2.11. The minimum Gasteiger partial charge on any atom is -0.362 e. The average Bonchev–Trinajstić information content (AvgIpc) is 2.53. The zero-order valence-electron chi connectivity index (χ0n) is 12.6. The van der Waals surface area contributed by atoms with E-state index in [0.29, 0.717) is 10.7 Å². The van der Waals surface area contributed by atoms with E-state index in [1.54, 1.807) is 19.1 Å². The van der Waals surface area contributed by atoms with E-state index in [4.69, 9.17) is 12.2 Å². The van der Waals surface area contributed by atoms with Gasteiger partial charge < -0.3 is 10.6 Å². The molecule has 0 aromatic heterocycles. The summed E-state index contributed by atoms with van der Waals surface area (Å²) in [4.78, 5) is 11.4. The second-order valence-electron chi connectivity index (χ2n) is 5.11. The van der Waals surface area contributed by atoms with Crippen LogP contribution < -0.4 is 10.6 Å². The fourth-order valence-corrected chi connectivity index (χ4v) is 2.35. The van der Waals surface area contributed by atoms with Gasteiger partial charge in [0.05, 0.1) is 0 Å². The lowest BCUT2D eigenvalue weighted by Crippen LogP contribution is -2.29. The van der Waals surface area contributed by atoms with Gasteiger partial charge in [0.25, 0.3) is 0 Å². The van der Waals surface area contributed by atoms with Crippen molar-refractivity contribution in [1.29, 1.82) is 0 Å². The average molecular weight is 312 g/mol. The highest BCUT2D eigenvalue weighted by molar-refractivity contribution is 7.80. The van der Waals surface area contributed by atoms with Gasteiger partial charge in [-0.1, -0.05) is 42.5 Å². The van der Waals surface area contributed by atoms with Crippen LogP contribution in [0.5, 0.6) is 0 Å². The number of carbonyl (C=O) groups is 1. The Kier molecular flexibility index (Phi) is 6.10. The summed E-state index contributed by atoms with van der Waals surface area (Å²) < 4.78 is 0. The van der Waals surface area contributed by atoms with Gasteiger partial charge in [0.1, 0.15) is 0 Å². The number of rotatable bonds is 6. The summed E-state index contributed by atoms with van der Waals surface area (Å²) in [6.07, 6.45) is 2.04. The Morgan fingerprint density at radius 3 is 2.59 bits per heavy atom. The standard InChI is InChI=1S/C18H20N2OS/c1-14(21)16-10-5-11-17(13-16)20-18(22)19-12-6-9-15-7-3-2-4-8-15/h2-5,7-8,10-11,13H,6,9,12H2,1H3,(H2,19,20,22). The third-order valence-corrected chi connectivity index (χ3v) is 3.54. The smallest absolute Gasteiger partial charge is 0.170 e. The Balaban J connectivity index is 1.74. The van der Waals surface area contributed by atoms with Crippen molar-refractivity contribution in [2.45, 2.75) is 19.8 Å². The third kappa shape index (κ3) is 5.30. The number of carbonyl (C=O) groups excluding carboxylic acids is 1. The number of Topliss-reactive ketones (excluding diaryl/α,β-unsaturated/α-hetero) is 1. The van der Waals surface area contributed by atoms with Crippen molar-refractivity contribution in [3.05, 3.63) is 65.7 Å². The SMILES string of the molecule is CC(=O)c1cccc(NC(=S)NCCCc2ccccc2)c1. The van der Waals surface area contributed by atoms with Gasteiger partial charge >= 0.3 is 0 Å². The molecule has 22 heavy (non-hydrogen) atoms. The monoisotopic (exact) mass is 312 g/mol. The van der Waals surface area contributed by atoms with Crippen LogP contribution >= 0.6 is 12.2 Å². The Morgan fingerprint density at radius 1 is 1.09 bits per heavy atom. The summed E-state index contributed by atoms with van der Waals surface area (Å²) in [6.45, 7) is 2.37. The van der Waals surface area contributed by atoms with E-state index in [-0.39, 0.29) is 5.78 Å². The van der Waals surface area contributed by atoms with E-state index in [1.165, 1.54) is 5.56 Å². The molecular weight excluding hydrogens is 292 g/mol. The van der Waals surface area contributed by atoms with Crippen LogP contribution in [0.15, 0.2) is 54.6 Å². The van der Waals surface area contributed by atoms with Crippen LogP contribution in [0.2, 0.25) is 0 Å². The van der Waals surface area contributed by atoms with Crippen molar-refractivity contribution >= 4 is 28.8 Å². The molecule has 0 fully saturated rings. The molecule has 0 radical (unpaired) electrons. The normalized spacial score (nSPS) is 10.0. The van der Waals surface area contributed by atoms with E-state index < -0.39 is 0 Å². The minimum absolute atomic E-state index is 0.0467. The fourth-order valence-electron chi connectivity index (χ4n) is 2.13. The zero-order valence-corrected chi connectivity index (χ0v) is 13.5. The quantitative estimate of drug-likeness (QED) is 0.483. The molecule has 0 bridgehead atoms. The van der Waals surface area contributed by atoms with Crippen LogP contribution in [-0.2, 0) is 6.42 Å². The van der Waals surface area contributed by atoms with Gasteiger partial charge in [-0.25, -0.2) is 0 Å². The lowest BCUT2D eigenvalue weighted by atomic mass is 10.1. The van der Waals surface area contributed by atoms with Crippen molar-refractivity contribution in [2.24, 2.45) is 0 Å². The number of thiocarbonyl (C=S) groups is 1. The number of aryl methyl sites for hydroxylation is 1. The Labute approximate surface area is 136 Å². The topological polar surface area (TPSA) is 41.1 Å². The first-order valence-electron chi connectivity index (χ1n) is 7.35. The number of nitrogens with one attached hydrogen (secondary N) is 2. The van der Waals surface area contributed by atoms with Crippen molar-refractivity contribution < 1.29 is 4.79 Å². The summed E-state index contributed by atoms with van der Waals surface area (Å²) in [7, 11) is 0. The first kappa shape index (κ1) is 16.2. The Morgan fingerprint density at radius 2 is 1.86 bits per heavy atom. The molecule has 0 unspecified atom stereocenters. The van der Waals surface area contributed by atoms with E-state index in [2.05, 4.69) is 34.9 Å². The molecule has 0 amide bonds. The number of ketones is 1. The van der Waals surface area contributed by atoms with Gasteiger partial charge in [0, 0.05) is 17.8 Å². The molecule has 0 aliphatic carbocycles. The molecule has 0 heterocycles. The van der Waals surface area contributed by atoms with E-state index in [0.717, 1.165) is 25.1 Å². The summed E-state index contributed by atoms with van der Waals surface area (Å²) in [5, 5.41) is 6.87. The largest absolute Gasteiger partial charge is 0.362 e. The predicted octanol–water partition coefficient (Wildman–Crippen LogP) is 3.81. The molecule has 2 rings (SSSR count). The minimum atomic E-state index is 0.0467. The molecule has 0 aliphatic rings. The van der Waals surface area contributed by atoms with E-state index in [9.17, 15) is 4.79 Å². The summed E-state index contributed by atoms with van der Waals surface area (Å²) >= 11 is 5.27. The van der Waals surface area contributed by atoms with Crippen molar-refractivity contribution in [1.82, 2.24) is 5.32 Å². The zero-order chi connectivity index (χ0) is 15.8. The highest BCUT2D eigenvalue weighted by atomic mass is 32.1. The first-order valence-corrected chi connectivity index (χ1v) is 7.76. The third-order valence-electron chi connectivity index (χ3n) is 3.30. The number of benzene rings is 2. The Bertz CT molecular complexity index is 641. The van der Waals surface area contributed by atoms with Crippen LogP contribution in [-0.4, -0.2) is 17.4 Å². The van der Waals surface area contributed by atoms with Gasteiger partial charge in [-0.2, -0.15) is 0 Å². The fraction of sp³-hybridized carbons (Fsp3) is 0.222. The molecule has 0 atom stereocenters. The molecule has 0 saturated carbocycles. The highest BCUT2D eigenvalue weighted by Gasteiger charge is 2.02. The molecule has 0 aliphatic heterocycles. The van der Waals surface area contributed by atoms with Crippen LogP contribution in [0.25, 0.3) is 0 Å². The molecule has 2 N–H and O–H groups in total. The Hall–Kier alpha value is -2.20. The maximum absolute atomic E-state index is 11.4. The van der Waals surface area contributed by atoms with Gasteiger partial charge in [0.15, 0.2) is 10.9 Å². The molecule has 0 saturated heterocycles. The van der Waals surface area contributed by atoms with Crippen molar-refractivity contribution in [2.75, 3.05) is 11.9 Å². The lowest BCUT2D eigenvalue weighted by Gasteiger charge is -2.11. The van der Waals surface area contributed by atoms with Gasteiger partial charge in [0.2, 0.25) is 0 Å². The van der Waals surface area contributed by atoms with Crippen molar-refractivity contribution in [3.63, 3.8) is 0 Å². The van der Waals surface area contributed by atoms with E-state index >= 15 is 0 Å². The van der Waals surface area contributed by atoms with Crippen LogP contribution in [0, 0.1) is 0 Å². The van der Waals surface area contributed by atoms with Crippen LogP contribution in [0.3, 0.4) is 0 Å². The lowest BCUT2D eigenvalue weighted by molar-refractivity contribution is 0.101. The second-order valence-corrected chi connectivity index (χ2v) is 5.52. The molecule has 0 spiro atoms. The van der Waals surface area contributed by atoms with Gasteiger partial charge in [-0.3, -0.25) is 4.79 Å². The van der Waals surface area contributed by atoms with Crippen LogP contribution in [0.4, 0.5) is 5.69 Å². The molecule has 114 valence electrons. The maximum atomic E-state index is 11.4. The molecule has 2 aromatic rings. The van der Waals surface area contributed by atoms with E-state index in [1.807, 2.05) is 18.2 Å². The van der Waals surface area contributed by atoms with Gasteiger partial charge in [-0.05, 0) is 49.7 Å². The summed E-state index contributed by atoms with van der Waals surface area (Å²) in [5.41, 5.74) is 2.84. The number of hydrogen-bond donors (Lipinski definition) is 2. The molecule has 4 heteroatoms. The number of anilines is 1. The molecule has 3 nitrogen and oxygen atoms in total. The molecule has 2 aromatic carbocycles. The first-order chi connectivity index (χ1) is 10.6. The summed E-state index contributed by atoms with van der Waals surface area (Å²) in [5.74, 6) is 0.0467. The number of hydrogen-bond acceptors (Lipinski definition) is 2. The van der Waals surface area contributed by atoms with Crippen molar-refractivity contribution in [3.8, 4) is 0 Å². The predicted molar refractivity (Wildman–Crippen MR) is 95.4 cm³/mol.